The Bertz CT molecular complexity index is 819. The topological polar surface area (TPSA) is 99.5 Å². The second-order valence-corrected chi connectivity index (χ2v) is 5.76. The highest BCUT2D eigenvalue weighted by Crippen LogP contribution is 2.30. The van der Waals surface area contributed by atoms with Crippen LogP contribution in [0, 0.1) is 0 Å². The summed E-state index contributed by atoms with van der Waals surface area (Å²) in [5, 5.41) is 18.6. The molecule has 0 aliphatic rings. The minimum Gasteiger partial charge on any atom is -0.477 e. The molecule has 0 saturated heterocycles. The van der Waals surface area contributed by atoms with E-state index in [0.29, 0.717) is 10.1 Å². The number of rotatable bonds is 4. The van der Waals surface area contributed by atoms with Gasteiger partial charge < -0.3 is 15.5 Å². The molecule has 0 saturated carbocycles. The van der Waals surface area contributed by atoms with Gasteiger partial charge in [0.05, 0.1) is 6.54 Å². The molecule has 1 atom stereocenters. The van der Waals surface area contributed by atoms with Crippen LogP contribution in [0.5, 0.6) is 0 Å². The first kappa shape index (κ1) is 22.4. The maximum atomic E-state index is 12.8. The van der Waals surface area contributed by atoms with Gasteiger partial charge in [-0.1, -0.05) is 0 Å². The number of thiophene rings is 1. The van der Waals surface area contributed by atoms with Crippen LogP contribution < -0.4 is 5.32 Å². The molecule has 2 rings (SSSR count). The standard InChI is InChI=1S/C11H8F4N2O2S.C2HF3O2/c12-8(11(13,14)15)4-17-9-5-3-7(10(18)19)20-6(5)1-2-16-9;3-2(4,5)1(6)7/h1-3,8H,4H2,(H,16,17)(H,18,19);(H,6,7). The van der Waals surface area contributed by atoms with Crippen LogP contribution in [-0.2, 0) is 4.79 Å². The van der Waals surface area contributed by atoms with Gasteiger partial charge in [0.25, 0.3) is 0 Å². The molecule has 2 aromatic rings. The van der Waals surface area contributed by atoms with Gasteiger partial charge in [-0.25, -0.2) is 19.0 Å². The monoisotopic (exact) mass is 422 g/mol. The second kappa shape index (κ2) is 8.37. The van der Waals surface area contributed by atoms with E-state index in [1.807, 2.05) is 0 Å². The Morgan fingerprint density at radius 1 is 1.19 bits per heavy atom. The molecule has 0 bridgehead atoms. The molecule has 0 amide bonds. The number of anilines is 1. The first-order valence-electron chi connectivity index (χ1n) is 6.60. The SMILES string of the molecule is O=C(O)C(F)(F)F.O=C(O)c1cc2c(NCC(F)C(F)(F)F)nccc2s1. The van der Waals surface area contributed by atoms with Crippen LogP contribution in [0.2, 0.25) is 0 Å². The van der Waals surface area contributed by atoms with E-state index in [0.717, 1.165) is 11.3 Å². The predicted octanol–water partition coefficient (Wildman–Crippen LogP) is 3.94. The van der Waals surface area contributed by atoms with E-state index in [-0.39, 0.29) is 10.7 Å². The highest BCUT2D eigenvalue weighted by molar-refractivity contribution is 7.20. The number of carboxylic acid groups (broad SMARTS) is 2. The third-order valence-corrected chi connectivity index (χ3v) is 3.79. The van der Waals surface area contributed by atoms with Crippen LogP contribution in [0.25, 0.3) is 10.1 Å². The first-order valence-corrected chi connectivity index (χ1v) is 7.41. The van der Waals surface area contributed by atoms with Crippen molar-refractivity contribution in [2.24, 2.45) is 0 Å². The normalized spacial score (nSPS) is 12.9. The fraction of sp³-hybridized carbons (Fsp3) is 0.308. The number of aromatic nitrogens is 1. The molecule has 0 fully saturated rings. The number of carbonyl (C=O) groups is 2. The molecule has 0 aliphatic heterocycles. The smallest absolute Gasteiger partial charge is 0.477 e. The summed E-state index contributed by atoms with van der Waals surface area (Å²) in [5.41, 5.74) is 0. The summed E-state index contributed by atoms with van der Waals surface area (Å²) in [7, 11) is 0. The number of pyridine rings is 1. The van der Waals surface area contributed by atoms with E-state index in [1.54, 1.807) is 0 Å². The van der Waals surface area contributed by atoms with Crippen LogP contribution in [0.15, 0.2) is 18.3 Å². The zero-order chi connectivity index (χ0) is 21.0. The maximum absolute atomic E-state index is 12.8. The molecule has 3 N–H and O–H groups in total. The fourth-order valence-electron chi connectivity index (χ4n) is 1.51. The summed E-state index contributed by atoms with van der Waals surface area (Å²) in [5.74, 6) is -3.87. The average molecular weight is 422 g/mol. The molecule has 6 nitrogen and oxygen atoms in total. The molecule has 1 unspecified atom stereocenters. The summed E-state index contributed by atoms with van der Waals surface area (Å²) in [6, 6.07) is 2.83. The van der Waals surface area contributed by atoms with Gasteiger partial charge in [0.15, 0.2) is 0 Å². The number of fused-ring (bicyclic) bond motifs is 1. The molecule has 150 valence electrons. The van der Waals surface area contributed by atoms with Crippen molar-refractivity contribution in [1.82, 2.24) is 4.98 Å². The minimum atomic E-state index is -5.08. The van der Waals surface area contributed by atoms with Gasteiger partial charge >= 0.3 is 24.3 Å². The van der Waals surface area contributed by atoms with E-state index in [1.165, 1.54) is 18.3 Å². The quantitative estimate of drug-likeness (QED) is 0.646. The molecule has 0 aromatic carbocycles. The third kappa shape index (κ3) is 6.54. The van der Waals surface area contributed by atoms with Crippen LogP contribution in [0.4, 0.5) is 36.6 Å². The lowest BCUT2D eigenvalue weighted by molar-refractivity contribution is -0.192. The van der Waals surface area contributed by atoms with Gasteiger partial charge in [-0.05, 0) is 12.1 Å². The third-order valence-electron chi connectivity index (χ3n) is 2.70. The van der Waals surface area contributed by atoms with Crippen LogP contribution in [0.3, 0.4) is 0 Å². The van der Waals surface area contributed by atoms with Crippen molar-refractivity contribution < 1.29 is 50.5 Å². The molecule has 27 heavy (non-hydrogen) atoms. The number of halogens is 7. The molecular formula is C13H9F7N2O4S. The van der Waals surface area contributed by atoms with Crippen molar-refractivity contribution in [3.63, 3.8) is 0 Å². The van der Waals surface area contributed by atoms with E-state index >= 15 is 0 Å². The lowest BCUT2D eigenvalue weighted by Crippen LogP contribution is -2.31. The van der Waals surface area contributed by atoms with Crippen LogP contribution >= 0.6 is 11.3 Å². The Balaban J connectivity index is 0.000000445. The highest BCUT2D eigenvalue weighted by atomic mass is 32.1. The van der Waals surface area contributed by atoms with Crippen molar-refractivity contribution in [1.29, 1.82) is 0 Å². The van der Waals surface area contributed by atoms with Gasteiger partial charge in [-0.15, -0.1) is 11.3 Å². The molecule has 2 heterocycles. The van der Waals surface area contributed by atoms with E-state index in [2.05, 4.69) is 10.3 Å². The van der Waals surface area contributed by atoms with Crippen LogP contribution in [-0.4, -0.2) is 52.2 Å². The van der Waals surface area contributed by atoms with E-state index < -0.39 is 37.0 Å². The maximum Gasteiger partial charge on any atom is 0.490 e. The summed E-state index contributed by atoms with van der Waals surface area (Å²) < 4.78 is 81.3. The number of carboxylic acids is 2. The fourth-order valence-corrected chi connectivity index (χ4v) is 2.41. The number of alkyl halides is 7. The zero-order valence-corrected chi connectivity index (χ0v) is 13.5. The zero-order valence-electron chi connectivity index (χ0n) is 12.7. The Morgan fingerprint density at radius 3 is 2.19 bits per heavy atom. The molecule has 0 aliphatic carbocycles. The molecule has 0 radical (unpaired) electrons. The minimum absolute atomic E-state index is 0.0261. The Hall–Kier alpha value is -2.64. The van der Waals surface area contributed by atoms with Gasteiger partial charge in [0, 0.05) is 16.3 Å². The van der Waals surface area contributed by atoms with Crippen LogP contribution in [0.1, 0.15) is 9.67 Å². The molecular weight excluding hydrogens is 413 g/mol. The van der Waals surface area contributed by atoms with Gasteiger partial charge in [0.1, 0.15) is 10.7 Å². The molecule has 14 heteroatoms. The first-order chi connectivity index (χ1) is 12.2. The van der Waals surface area contributed by atoms with Crippen molar-refractivity contribution in [2.75, 3.05) is 11.9 Å². The number of hydrogen-bond donors (Lipinski definition) is 3. The number of nitrogens with zero attached hydrogens (tertiary/aromatic N) is 1. The average Bonchev–Trinajstić information content (AvgIpc) is 2.96. The number of aliphatic carboxylic acids is 1. The molecule has 0 spiro atoms. The van der Waals surface area contributed by atoms with Gasteiger partial charge in [0.2, 0.25) is 6.17 Å². The van der Waals surface area contributed by atoms with Crippen molar-refractivity contribution in [2.45, 2.75) is 18.5 Å². The number of hydrogen-bond acceptors (Lipinski definition) is 5. The van der Waals surface area contributed by atoms with Crippen molar-refractivity contribution in [3.05, 3.63) is 23.2 Å². The van der Waals surface area contributed by atoms with Crippen molar-refractivity contribution in [3.8, 4) is 0 Å². The summed E-state index contributed by atoms with van der Waals surface area (Å²) in [6.45, 7) is -0.978. The predicted molar refractivity (Wildman–Crippen MR) is 79.7 cm³/mol. The summed E-state index contributed by atoms with van der Waals surface area (Å²) >= 11 is 0.964. The lowest BCUT2D eigenvalue weighted by Gasteiger charge is -2.13. The Kier molecular flexibility index (Phi) is 6.94. The van der Waals surface area contributed by atoms with E-state index in [4.69, 9.17) is 15.0 Å². The Morgan fingerprint density at radius 2 is 1.74 bits per heavy atom. The number of aromatic carboxylic acids is 1. The number of nitrogens with one attached hydrogen (secondary N) is 1. The van der Waals surface area contributed by atoms with Gasteiger partial charge in [-0.3, -0.25) is 0 Å². The highest BCUT2D eigenvalue weighted by Gasteiger charge is 2.40. The second-order valence-electron chi connectivity index (χ2n) is 4.68. The lowest BCUT2D eigenvalue weighted by atomic mass is 10.3. The summed E-state index contributed by atoms with van der Waals surface area (Å²) in [4.78, 5) is 23.6. The largest absolute Gasteiger partial charge is 0.490 e. The molecule has 2 aromatic heterocycles. The Labute approximate surface area is 149 Å². The van der Waals surface area contributed by atoms with Crippen molar-refractivity contribution >= 4 is 39.2 Å². The van der Waals surface area contributed by atoms with Gasteiger partial charge in [-0.2, -0.15) is 26.3 Å². The van der Waals surface area contributed by atoms with E-state index in [9.17, 15) is 35.5 Å². The summed E-state index contributed by atoms with van der Waals surface area (Å²) in [6.07, 6.45) is -11.7.